The van der Waals surface area contributed by atoms with Crippen molar-refractivity contribution in [3.05, 3.63) is 29.6 Å². The number of amides is 2. The SMILES string of the molecule is O=C(NCCCOC1CCCC1)Nc1ccc(-c2csnn2)cc1. The zero-order chi connectivity index (χ0) is 16.6. The lowest BCUT2D eigenvalue weighted by Gasteiger charge is -2.11. The summed E-state index contributed by atoms with van der Waals surface area (Å²) in [5.74, 6) is 0. The van der Waals surface area contributed by atoms with Crippen molar-refractivity contribution in [3.8, 4) is 11.3 Å². The normalized spacial score (nSPS) is 14.7. The third kappa shape index (κ3) is 5.01. The highest BCUT2D eigenvalue weighted by molar-refractivity contribution is 7.03. The fourth-order valence-corrected chi connectivity index (χ4v) is 3.23. The van der Waals surface area contributed by atoms with Crippen LogP contribution in [0.4, 0.5) is 10.5 Å². The Hall–Kier alpha value is -1.99. The molecule has 1 saturated carbocycles. The topological polar surface area (TPSA) is 76.1 Å². The van der Waals surface area contributed by atoms with E-state index < -0.39 is 0 Å². The first-order valence-corrected chi connectivity index (χ1v) is 9.19. The van der Waals surface area contributed by atoms with E-state index in [0.717, 1.165) is 23.4 Å². The fourth-order valence-electron chi connectivity index (χ4n) is 2.77. The van der Waals surface area contributed by atoms with Crippen molar-refractivity contribution in [3.63, 3.8) is 0 Å². The molecular weight excluding hydrogens is 324 g/mol. The summed E-state index contributed by atoms with van der Waals surface area (Å²) in [6.07, 6.45) is 6.19. The Morgan fingerprint density at radius 1 is 1.25 bits per heavy atom. The van der Waals surface area contributed by atoms with Crippen molar-refractivity contribution in [1.82, 2.24) is 14.9 Å². The number of ether oxygens (including phenoxy) is 1. The molecule has 1 fully saturated rings. The quantitative estimate of drug-likeness (QED) is 0.750. The highest BCUT2D eigenvalue weighted by Crippen LogP contribution is 2.21. The van der Waals surface area contributed by atoms with Crippen molar-refractivity contribution in [2.75, 3.05) is 18.5 Å². The molecule has 7 heteroatoms. The van der Waals surface area contributed by atoms with Crippen LogP contribution in [0.2, 0.25) is 0 Å². The summed E-state index contributed by atoms with van der Waals surface area (Å²) in [6.45, 7) is 1.32. The summed E-state index contributed by atoms with van der Waals surface area (Å²) in [5, 5.41) is 11.6. The van der Waals surface area contributed by atoms with Gasteiger partial charge in [-0.25, -0.2) is 4.79 Å². The van der Waals surface area contributed by atoms with E-state index in [2.05, 4.69) is 20.2 Å². The molecule has 2 N–H and O–H groups in total. The van der Waals surface area contributed by atoms with Crippen molar-refractivity contribution >= 4 is 23.3 Å². The molecular formula is C17H22N4O2S. The third-order valence-electron chi connectivity index (χ3n) is 4.06. The zero-order valence-corrected chi connectivity index (χ0v) is 14.3. The Kier molecular flexibility index (Phi) is 6.14. The summed E-state index contributed by atoms with van der Waals surface area (Å²) in [7, 11) is 0. The standard InChI is InChI=1S/C17H22N4O2S/c22-17(18-10-3-11-23-15-4-1-2-5-15)19-14-8-6-13(7-9-14)16-12-24-21-20-16/h6-9,12,15H,1-5,10-11H2,(H2,18,19,22). The summed E-state index contributed by atoms with van der Waals surface area (Å²) in [5.41, 5.74) is 2.58. The van der Waals surface area contributed by atoms with Crippen LogP contribution in [0.25, 0.3) is 11.3 Å². The van der Waals surface area contributed by atoms with E-state index >= 15 is 0 Å². The molecule has 1 aliphatic rings. The first-order chi connectivity index (χ1) is 11.8. The van der Waals surface area contributed by atoms with Crippen LogP contribution in [0.5, 0.6) is 0 Å². The molecule has 24 heavy (non-hydrogen) atoms. The maximum Gasteiger partial charge on any atom is 0.319 e. The van der Waals surface area contributed by atoms with Gasteiger partial charge in [-0.3, -0.25) is 0 Å². The summed E-state index contributed by atoms with van der Waals surface area (Å²) in [4.78, 5) is 11.9. The van der Waals surface area contributed by atoms with E-state index in [1.54, 1.807) is 0 Å². The zero-order valence-electron chi connectivity index (χ0n) is 13.5. The smallest absolute Gasteiger partial charge is 0.319 e. The average Bonchev–Trinajstić information content (AvgIpc) is 3.29. The number of hydrogen-bond donors (Lipinski definition) is 2. The number of anilines is 1. The molecule has 2 amide bonds. The molecule has 0 saturated heterocycles. The van der Waals surface area contributed by atoms with Crippen LogP contribution < -0.4 is 10.6 Å². The lowest BCUT2D eigenvalue weighted by atomic mass is 10.1. The Morgan fingerprint density at radius 3 is 2.75 bits per heavy atom. The van der Waals surface area contributed by atoms with Crippen LogP contribution in [0.15, 0.2) is 29.6 Å². The van der Waals surface area contributed by atoms with Gasteiger partial charge in [-0.05, 0) is 42.9 Å². The molecule has 0 radical (unpaired) electrons. The molecule has 0 unspecified atom stereocenters. The van der Waals surface area contributed by atoms with Crippen molar-refractivity contribution in [2.45, 2.75) is 38.2 Å². The van der Waals surface area contributed by atoms with Gasteiger partial charge in [0.2, 0.25) is 0 Å². The van der Waals surface area contributed by atoms with Crippen LogP contribution in [0.1, 0.15) is 32.1 Å². The number of nitrogens with one attached hydrogen (secondary N) is 2. The molecule has 128 valence electrons. The Balaban J connectivity index is 1.34. The van der Waals surface area contributed by atoms with Gasteiger partial charge in [0, 0.05) is 29.8 Å². The van der Waals surface area contributed by atoms with Crippen LogP contribution in [0, 0.1) is 0 Å². The largest absolute Gasteiger partial charge is 0.378 e. The fraction of sp³-hybridized carbons (Fsp3) is 0.471. The molecule has 6 nitrogen and oxygen atoms in total. The minimum absolute atomic E-state index is 0.195. The number of carbonyl (C=O) groups excluding carboxylic acids is 1. The van der Waals surface area contributed by atoms with E-state index in [0.29, 0.717) is 19.3 Å². The van der Waals surface area contributed by atoms with Crippen LogP contribution >= 0.6 is 11.5 Å². The average molecular weight is 346 g/mol. The lowest BCUT2D eigenvalue weighted by Crippen LogP contribution is -2.30. The van der Waals surface area contributed by atoms with Gasteiger partial charge in [-0.2, -0.15) is 0 Å². The summed E-state index contributed by atoms with van der Waals surface area (Å²) < 4.78 is 9.61. The van der Waals surface area contributed by atoms with Gasteiger partial charge in [0.1, 0.15) is 5.69 Å². The summed E-state index contributed by atoms with van der Waals surface area (Å²) in [6, 6.07) is 7.36. The number of hydrogen-bond acceptors (Lipinski definition) is 5. The van der Waals surface area contributed by atoms with Crippen LogP contribution in [-0.4, -0.2) is 34.9 Å². The molecule has 1 heterocycles. The number of rotatable bonds is 7. The number of aromatic nitrogens is 2. The van der Waals surface area contributed by atoms with Gasteiger partial charge in [0.15, 0.2) is 0 Å². The van der Waals surface area contributed by atoms with Crippen molar-refractivity contribution < 1.29 is 9.53 Å². The number of urea groups is 1. The molecule has 2 aromatic rings. The first-order valence-electron chi connectivity index (χ1n) is 8.35. The monoisotopic (exact) mass is 346 g/mol. The second kappa shape index (κ2) is 8.75. The maximum atomic E-state index is 11.9. The molecule has 0 bridgehead atoms. The van der Waals surface area contributed by atoms with Gasteiger partial charge in [0.25, 0.3) is 0 Å². The predicted molar refractivity (Wildman–Crippen MR) is 95.2 cm³/mol. The maximum absolute atomic E-state index is 11.9. The highest BCUT2D eigenvalue weighted by atomic mass is 32.1. The molecule has 1 aromatic carbocycles. The van der Waals surface area contributed by atoms with Gasteiger partial charge in [-0.15, -0.1) is 5.10 Å². The second-order valence-electron chi connectivity index (χ2n) is 5.88. The van der Waals surface area contributed by atoms with Gasteiger partial charge >= 0.3 is 6.03 Å². The summed E-state index contributed by atoms with van der Waals surface area (Å²) >= 11 is 1.32. The highest BCUT2D eigenvalue weighted by Gasteiger charge is 2.14. The third-order valence-corrected chi connectivity index (χ3v) is 4.57. The second-order valence-corrected chi connectivity index (χ2v) is 6.49. The van der Waals surface area contributed by atoms with E-state index in [-0.39, 0.29) is 6.03 Å². The molecule has 1 aliphatic carbocycles. The van der Waals surface area contributed by atoms with Crippen LogP contribution in [-0.2, 0) is 4.74 Å². The van der Waals surface area contributed by atoms with E-state index in [1.807, 2.05) is 29.6 Å². The van der Waals surface area contributed by atoms with Gasteiger partial charge in [-0.1, -0.05) is 29.5 Å². The molecule has 0 spiro atoms. The van der Waals surface area contributed by atoms with E-state index in [9.17, 15) is 4.79 Å². The van der Waals surface area contributed by atoms with Crippen molar-refractivity contribution in [2.24, 2.45) is 0 Å². The number of carbonyl (C=O) groups is 1. The lowest BCUT2D eigenvalue weighted by molar-refractivity contribution is 0.0572. The molecule has 0 atom stereocenters. The minimum Gasteiger partial charge on any atom is -0.378 e. The van der Waals surface area contributed by atoms with E-state index in [1.165, 1.54) is 37.2 Å². The first kappa shape index (κ1) is 16.9. The molecule has 0 aliphatic heterocycles. The number of benzene rings is 1. The van der Waals surface area contributed by atoms with Gasteiger partial charge < -0.3 is 15.4 Å². The minimum atomic E-state index is -0.195. The predicted octanol–water partition coefficient (Wildman–Crippen LogP) is 3.68. The van der Waals surface area contributed by atoms with E-state index in [4.69, 9.17) is 4.74 Å². The van der Waals surface area contributed by atoms with Crippen LogP contribution in [0.3, 0.4) is 0 Å². The molecule has 1 aromatic heterocycles. The Morgan fingerprint density at radius 2 is 2.04 bits per heavy atom. The Labute approximate surface area is 145 Å². The number of nitrogens with zero attached hydrogens (tertiary/aromatic N) is 2. The molecule has 3 rings (SSSR count). The van der Waals surface area contributed by atoms with Crippen molar-refractivity contribution in [1.29, 1.82) is 0 Å². The Bertz CT molecular complexity index is 625. The van der Waals surface area contributed by atoms with Gasteiger partial charge in [0.05, 0.1) is 6.10 Å².